The monoisotopic (exact) mass is 1030 g/mol. The van der Waals surface area contributed by atoms with Crippen molar-refractivity contribution in [2.24, 2.45) is 0 Å². The summed E-state index contributed by atoms with van der Waals surface area (Å²) in [5, 5.41) is 3.79. The summed E-state index contributed by atoms with van der Waals surface area (Å²) >= 11 is 0. The van der Waals surface area contributed by atoms with Crippen LogP contribution in [0.15, 0.2) is 133 Å². The van der Waals surface area contributed by atoms with Crippen molar-refractivity contribution in [1.29, 1.82) is 0 Å². The van der Waals surface area contributed by atoms with Gasteiger partial charge in [0, 0.05) is 93.3 Å². The summed E-state index contributed by atoms with van der Waals surface area (Å²) in [5.74, 6) is 0. The zero-order chi connectivity index (χ0) is 49.0. The van der Waals surface area contributed by atoms with Gasteiger partial charge < -0.3 is 0 Å². The Hall–Kier alpha value is -3.65. The number of aromatic nitrogens is 2. The number of para-hydroxylation sites is 1. The second-order valence-electron chi connectivity index (χ2n) is 13.3. The summed E-state index contributed by atoms with van der Waals surface area (Å²) < 4.78 is 0. The third-order valence-electron chi connectivity index (χ3n) is 8.54. The van der Waals surface area contributed by atoms with Crippen LogP contribution in [0.3, 0.4) is 0 Å². The van der Waals surface area contributed by atoms with Gasteiger partial charge in [0.15, 0.2) is 0 Å². The fourth-order valence-corrected chi connectivity index (χ4v) is 5.86. The van der Waals surface area contributed by atoms with E-state index in [1.807, 2.05) is 139 Å². The van der Waals surface area contributed by atoms with Crippen LogP contribution >= 0.6 is 0 Å². The SMILES string of the molecule is CC.CC.CC.CC.CC.CC.Cc1c[c-]c(-c2[c-]cc(C)cc2)cc1.Cc1cc(C)c2ccccc2n1.Cc1cc2ccccc2c(C)n1.Cc1cc[c-]c(-c2[c-]ccc(C)c2)c1.[Y].[Y]. The summed E-state index contributed by atoms with van der Waals surface area (Å²) in [5.41, 5.74) is 15.1. The van der Waals surface area contributed by atoms with E-state index in [4.69, 9.17) is 0 Å². The number of rotatable bonds is 2. The van der Waals surface area contributed by atoms with E-state index in [9.17, 15) is 0 Å². The summed E-state index contributed by atoms with van der Waals surface area (Å²) in [6, 6.07) is 58.4. The van der Waals surface area contributed by atoms with Crippen LogP contribution in [-0.4, -0.2) is 9.97 Å². The van der Waals surface area contributed by atoms with E-state index in [-0.39, 0.29) is 65.4 Å². The Balaban J connectivity index is -0.000000357. The Morgan fingerprint density at radius 2 is 0.758 bits per heavy atom. The van der Waals surface area contributed by atoms with Crippen LogP contribution in [0.4, 0.5) is 0 Å². The summed E-state index contributed by atoms with van der Waals surface area (Å²) in [7, 11) is 0. The average molecular weight is 1030 g/mol. The van der Waals surface area contributed by atoms with Crippen LogP contribution in [-0.2, 0) is 65.4 Å². The molecule has 0 saturated carbocycles. The molecule has 350 valence electrons. The third kappa shape index (κ3) is 26.0. The Labute approximate surface area is 456 Å². The van der Waals surface area contributed by atoms with E-state index < -0.39 is 0 Å². The van der Waals surface area contributed by atoms with Gasteiger partial charge in [-0.1, -0.05) is 153 Å². The van der Waals surface area contributed by atoms with Crippen LogP contribution in [0, 0.1) is 79.7 Å². The van der Waals surface area contributed by atoms with Crippen molar-refractivity contribution in [2.45, 2.75) is 138 Å². The predicted molar refractivity (Wildman–Crippen MR) is 289 cm³/mol. The van der Waals surface area contributed by atoms with E-state index in [2.05, 4.69) is 167 Å². The van der Waals surface area contributed by atoms with E-state index in [1.54, 1.807) is 0 Å². The molecule has 8 aromatic rings. The second-order valence-corrected chi connectivity index (χ2v) is 13.3. The Morgan fingerprint density at radius 1 is 0.348 bits per heavy atom. The van der Waals surface area contributed by atoms with Gasteiger partial charge in [0.1, 0.15) is 0 Å². The van der Waals surface area contributed by atoms with Gasteiger partial charge in [0.25, 0.3) is 0 Å². The molecule has 0 N–H and O–H groups in total. The van der Waals surface area contributed by atoms with Crippen molar-refractivity contribution in [3.05, 3.63) is 203 Å². The number of aryl methyl sites for hydroxylation is 8. The third-order valence-corrected chi connectivity index (χ3v) is 8.54. The molecular formula is C62H82N2Y2-4. The zero-order valence-electron chi connectivity index (χ0n) is 44.8. The molecular weight excluding hydrogens is 951 g/mol. The van der Waals surface area contributed by atoms with Crippen molar-refractivity contribution >= 4 is 21.7 Å². The first-order valence-corrected chi connectivity index (χ1v) is 23.7. The molecule has 0 unspecified atom stereocenters. The molecule has 0 aliphatic heterocycles. The van der Waals surface area contributed by atoms with Crippen LogP contribution in [0.1, 0.15) is 128 Å². The van der Waals surface area contributed by atoms with Crippen LogP contribution < -0.4 is 0 Å². The molecule has 2 nitrogen and oxygen atoms in total. The molecule has 4 heteroatoms. The number of benzene rings is 6. The second kappa shape index (κ2) is 42.7. The smallest absolute Gasteiger partial charge is 0.0707 e. The molecule has 0 atom stereocenters. The van der Waals surface area contributed by atoms with Crippen molar-refractivity contribution in [1.82, 2.24) is 9.97 Å². The summed E-state index contributed by atoms with van der Waals surface area (Å²) in [6.45, 7) is 40.5. The topological polar surface area (TPSA) is 25.8 Å². The van der Waals surface area contributed by atoms with Gasteiger partial charge in [-0.25, -0.2) is 22.3 Å². The van der Waals surface area contributed by atoms with E-state index in [0.717, 1.165) is 44.9 Å². The molecule has 66 heavy (non-hydrogen) atoms. The standard InChI is InChI=1S/2C14H12.2C11H11N.6C2H6.2Y/c1-11-3-7-13(8-4-11)14-9-5-12(2)6-10-14;1-11-5-3-7-13(9-11)14-8-4-6-12(2)10-14;1-8-7-10-5-3-4-6-11(10)9(2)12-8;1-8-7-9(2)12-11-6-4-3-5-10(8)11;6*1-2;;/h3-7,9H,1-2H3;3-6,9-10H,1-2H3;2*3-7H,1-2H3;6*1-2H3;;/q2*-2;;;;;;;;;;. The predicted octanol–water partition coefficient (Wildman–Crippen LogP) is 19.0. The number of pyridine rings is 2. The molecule has 0 aliphatic carbocycles. The van der Waals surface area contributed by atoms with Crippen LogP contribution in [0.5, 0.6) is 0 Å². The van der Waals surface area contributed by atoms with Gasteiger partial charge in [-0.2, -0.15) is 84.9 Å². The molecule has 0 fully saturated rings. The Morgan fingerprint density at radius 3 is 1.18 bits per heavy atom. The normalized spacial score (nSPS) is 8.67. The molecule has 0 saturated heterocycles. The molecule has 6 aromatic carbocycles. The molecule has 2 heterocycles. The van der Waals surface area contributed by atoms with E-state index in [1.165, 1.54) is 44.0 Å². The minimum atomic E-state index is 0. The number of hydrogen-bond donors (Lipinski definition) is 0. The van der Waals surface area contributed by atoms with Gasteiger partial charge in [-0.05, 0) is 56.8 Å². The quantitative estimate of drug-likeness (QED) is 0.161. The first kappa shape index (κ1) is 68.9. The van der Waals surface area contributed by atoms with Crippen LogP contribution in [0.2, 0.25) is 0 Å². The zero-order valence-corrected chi connectivity index (χ0v) is 50.4. The van der Waals surface area contributed by atoms with Gasteiger partial charge in [0.05, 0.1) is 5.52 Å². The number of fused-ring (bicyclic) bond motifs is 2. The Bertz CT molecular complexity index is 2210. The van der Waals surface area contributed by atoms with Gasteiger partial charge in [0.2, 0.25) is 0 Å². The van der Waals surface area contributed by atoms with Gasteiger partial charge in [-0.15, -0.1) is 34.4 Å². The van der Waals surface area contributed by atoms with Crippen molar-refractivity contribution in [3.63, 3.8) is 0 Å². The Kier molecular flexibility index (Phi) is 44.6. The van der Waals surface area contributed by atoms with Gasteiger partial charge in [-0.3, -0.25) is 9.97 Å². The number of nitrogens with zero attached hydrogens (tertiary/aromatic N) is 2. The number of hydrogen-bond acceptors (Lipinski definition) is 2. The summed E-state index contributed by atoms with van der Waals surface area (Å²) in [4.78, 5) is 8.84. The molecule has 2 aromatic heterocycles. The molecule has 8 rings (SSSR count). The van der Waals surface area contributed by atoms with E-state index >= 15 is 0 Å². The molecule has 0 spiro atoms. The largest absolute Gasteiger partial charge is 0.258 e. The van der Waals surface area contributed by atoms with Crippen molar-refractivity contribution in [2.75, 3.05) is 0 Å². The maximum absolute atomic E-state index is 4.44. The summed E-state index contributed by atoms with van der Waals surface area (Å²) in [6.07, 6.45) is 0. The van der Waals surface area contributed by atoms with E-state index in [0.29, 0.717) is 0 Å². The molecule has 2 radical (unpaired) electrons. The minimum absolute atomic E-state index is 0. The molecule has 0 amide bonds. The molecule has 0 aliphatic rings. The van der Waals surface area contributed by atoms with Gasteiger partial charge >= 0.3 is 0 Å². The first-order valence-electron chi connectivity index (χ1n) is 23.7. The fourth-order valence-electron chi connectivity index (χ4n) is 5.86. The first-order chi connectivity index (χ1) is 31.0. The average Bonchev–Trinajstić information content (AvgIpc) is 3.34. The van der Waals surface area contributed by atoms with Crippen molar-refractivity contribution < 1.29 is 65.4 Å². The minimum Gasteiger partial charge on any atom is -0.258 e. The maximum Gasteiger partial charge on any atom is 0.0707 e. The maximum atomic E-state index is 4.44. The van der Waals surface area contributed by atoms with Crippen molar-refractivity contribution in [3.8, 4) is 22.3 Å². The van der Waals surface area contributed by atoms with Crippen LogP contribution in [0.25, 0.3) is 43.9 Å². The fraction of sp³-hybridized carbons (Fsp3) is 0.323. The molecule has 0 bridgehead atoms.